The Balaban J connectivity index is 1.55. The van der Waals surface area contributed by atoms with E-state index in [2.05, 4.69) is 14.9 Å². The van der Waals surface area contributed by atoms with Gasteiger partial charge in [-0.25, -0.2) is 14.2 Å². The van der Waals surface area contributed by atoms with Gasteiger partial charge in [-0.05, 0) is 36.8 Å². The summed E-state index contributed by atoms with van der Waals surface area (Å²) in [6, 6.07) is 12.4. The molecule has 2 aromatic carbocycles. The van der Waals surface area contributed by atoms with E-state index in [1.54, 1.807) is 19.2 Å². The Labute approximate surface area is 157 Å². The molecule has 0 aliphatic rings. The van der Waals surface area contributed by atoms with E-state index in [1.807, 2.05) is 31.2 Å². The number of aromatic nitrogens is 2. The molecule has 6 nitrogen and oxygen atoms in total. The number of amides is 2. The number of benzene rings is 2. The lowest BCUT2D eigenvalue weighted by atomic mass is 10.2. The third-order valence-corrected chi connectivity index (χ3v) is 4.44. The van der Waals surface area contributed by atoms with Gasteiger partial charge in [0.05, 0.1) is 18.1 Å². The highest BCUT2D eigenvalue weighted by Crippen LogP contribution is 2.18. The Morgan fingerprint density at radius 1 is 1.30 bits per heavy atom. The number of carbonyl (C=O) groups excluding carboxylic acids is 1. The van der Waals surface area contributed by atoms with Crippen LogP contribution in [0.1, 0.15) is 11.4 Å². The minimum atomic E-state index is -0.439. The van der Waals surface area contributed by atoms with Crippen molar-refractivity contribution in [2.45, 2.75) is 20.0 Å². The summed E-state index contributed by atoms with van der Waals surface area (Å²) in [6.07, 6.45) is 0. The molecule has 2 amide bonds. The number of imidazole rings is 1. The molecule has 0 fully saturated rings. The number of ether oxygens (including phenoxy) is 1. The van der Waals surface area contributed by atoms with E-state index in [0.717, 1.165) is 16.9 Å². The zero-order valence-corrected chi connectivity index (χ0v) is 15.7. The molecule has 0 radical (unpaired) electrons. The van der Waals surface area contributed by atoms with Crippen LogP contribution in [0.25, 0.3) is 11.0 Å². The molecule has 3 aromatic rings. The predicted octanol–water partition coefficient (Wildman–Crippen LogP) is 3.33. The van der Waals surface area contributed by atoms with Gasteiger partial charge in [-0.15, -0.1) is 0 Å². The number of para-hydroxylation sites is 2. The third kappa shape index (κ3) is 4.19. The van der Waals surface area contributed by atoms with Crippen molar-refractivity contribution >= 4 is 17.1 Å². The number of nitrogens with one attached hydrogen (secondary N) is 1. The maximum atomic E-state index is 13.8. The summed E-state index contributed by atoms with van der Waals surface area (Å²) in [5.41, 5.74) is 2.69. The van der Waals surface area contributed by atoms with Crippen LogP contribution < -0.4 is 10.1 Å². The summed E-state index contributed by atoms with van der Waals surface area (Å²) in [4.78, 5) is 18.3. The average molecular weight is 370 g/mol. The van der Waals surface area contributed by atoms with Gasteiger partial charge in [0.2, 0.25) is 0 Å². The van der Waals surface area contributed by atoms with Crippen molar-refractivity contribution in [1.82, 2.24) is 19.8 Å². The van der Waals surface area contributed by atoms with Crippen LogP contribution in [0.2, 0.25) is 0 Å². The standard InChI is InChI=1S/C20H23FN4O2/c1-14-23-17-6-4-5-7-18(17)25(14)11-10-22-20(26)24(2)13-15-8-9-19(27-3)16(21)12-15/h4-9,12H,10-11,13H2,1-3H3,(H,22,26). The predicted molar refractivity (Wildman–Crippen MR) is 102 cm³/mol. The zero-order valence-electron chi connectivity index (χ0n) is 15.7. The second-order valence-corrected chi connectivity index (χ2v) is 6.36. The van der Waals surface area contributed by atoms with Gasteiger partial charge in [-0.2, -0.15) is 0 Å². The van der Waals surface area contributed by atoms with E-state index in [0.29, 0.717) is 25.2 Å². The highest BCUT2D eigenvalue weighted by molar-refractivity contribution is 5.76. The van der Waals surface area contributed by atoms with E-state index in [1.165, 1.54) is 18.1 Å². The Morgan fingerprint density at radius 3 is 2.81 bits per heavy atom. The van der Waals surface area contributed by atoms with Gasteiger partial charge in [0.25, 0.3) is 0 Å². The molecule has 27 heavy (non-hydrogen) atoms. The Hall–Kier alpha value is -3.09. The number of halogens is 1. The van der Waals surface area contributed by atoms with Gasteiger partial charge in [0, 0.05) is 26.7 Å². The number of fused-ring (bicyclic) bond motifs is 1. The lowest BCUT2D eigenvalue weighted by molar-refractivity contribution is 0.206. The maximum Gasteiger partial charge on any atom is 0.317 e. The SMILES string of the molecule is COc1ccc(CN(C)C(=O)NCCn2c(C)nc3ccccc32)cc1F. The van der Waals surface area contributed by atoms with Crippen molar-refractivity contribution in [2.24, 2.45) is 0 Å². The van der Waals surface area contributed by atoms with Gasteiger partial charge in [-0.3, -0.25) is 0 Å². The maximum absolute atomic E-state index is 13.8. The van der Waals surface area contributed by atoms with Crippen LogP contribution in [0.5, 0.6) is 5.75 Å². The fourth-order valence-corrected chi connectivity index (χ4v) is 3.04. The van der Waals surface area contributed by atoms with Crippen LogP contribution >= 0.6 is 0 Å². The first-order chi connectivity index (χ1) is 13.0. The number of nitrogens with zero attached hydrogens (tertiary/aromatic N) is 3. The molecule has 0 saturated carbocycles. The summed E-state index contributed by atoms with van der Waals surface area (Å²) in [5.74, 6) is 0.660. The largest absolute Gasteiger partial charge is 0.494 e. The topological polar surface area (TPSA) is 59.4 Å². The molecule has 0 atom stereocenters. The number of hydrogen-bond acceptors (Lipinski definition) is 3. The van der Waals surface area contributed by atoms with Gasteiger partial charge < -0.3 is 19.5 Å². The lowest BCUT2D eigenvalue weighted by Crippen LogP contribution is -2.38. The molecule has 0 aliphatic carbocycles. The number of hydrogen-bond donors (Lipinski definition) is 1. The molecule has 0 unspecified atom stereocenters. The van der Waals surface area contributed by atoms with E-state index >= 15 is 0 Å². The Kier molecular flexibility index (Phi) is 5.59. The summed E-state index contributed by atoms with van der Waals surface area (Å²) < 4.78 is 20.8. The molecule has 1 aromatic heterocycles. The molecular weight excluding hydrogens is 347 g/mol. The summed E-state index contributed by atoms with van der Waals surface area (Å²) >= 11 is 0. The fraction of sp³-hybridized carbons (Fsp3) is 0.300. The summed E-state index contributed by atoms with van der Waals surface area (Å²) in [7, 11) is 3.10. The van der Waals surface area contributed by atoms with Crippen molar-refractivity contribution in [3.05, 3.63) is 59.7 Å². The number of carbonyl (C=O) groups is 1. The van der Waals surface area contributed by atoms with E-state index in [4.69, 9.17) is 4.74 Å². The Morgan fingerprint density at radius 2 is 2.07 bits per heavy atom. The lowest BCUT2D eigenvalue weighted by Gasteiger charge is -2.19. The second kappa shape index (κ2) is 8.07. The molecule has 3 rings (SSSR count). The number of rotatable bonds is 6. The molecule has 0 spiro atoms. The van der Waals surface area contributed by atoms with Crippen molar-refractivity contribution in [2.75, 3.05) is 20.7 Å². The number of methoxy groups -OCH3 is 1. The minimum absolute atomic E-state index is 0.189. The van der Waals surface area contributed by atoms with Crippen molar-refractivity contribution in [1.29, 1.82) is 0 Å². The van der Waals surface area contributed by atoms with E-state index in [-0.39, 0.29) is 11.8 Å². The molecule has 0 aliphatic heterocycles. The highest BCUT2D eigenvalue weighted by Gasteiger charge is 2.12. The normalized spacial score (nSPS) is 10.8. The minimum Gasteiger partial charge on any atom is -0.494 e. The molecular formula is C20H23FN4O2. The smallest absolute Gasteiger partial charge is 0.317 e. The molecule has 142 valence electrons. The van der Waals surface area contributed by atoms with Crippen molar-refractivity contribution in [3.63, 3.8) is 0 Å². The van der Waals surface area contributed by atoms with E-state index < -0.39 is 5.82 Å². The first-order valence-corrected chi connectivity index (χ1v) is 8.73. The molecule has 0 saturated heterocycles. The highest BCUT2D eigenvalue weighted by atomic mass is 19.1. The molecule has 7 heteroatoms. The van der Waals surface area contributed by atoms with Gasteiger partial charge in [0.1, 0.15) is 5.82 Å². The first kappa shape index (κ1) is 18.7. The van der Waals surface area contributed by atoms with Crippen LogP contribution in [-0.2, 0) is 13.1 Å². The first-order valence-electron chi connectivity index (χ1n) is 8.73. The van der Waals surface area contributed by atoms with E-state index in [9.17, 15) is 9.18 Å². The van der Waals surface area contributed by atoms with Crippen LogP contribution in [-0.4, -0.2) is 41.2 Å². The summed E-state index contributed by atoms with van der Waals surface area (Å²) in [5, 5.41) is 2.89. The van der Waals surface area contributed by atoms with Crippen molar-refractivity contribution in [3.8, 4) is 5.75 Å². The quantitative estimate of drug-likeness (QED) is 0.724. The van der Waals surface area contributed by atoms with Crippen LogP contribution in [0, 0.1) is 12.7 Å². The van der Waals surface area contributed by atoms with Gasteiger partial charge >= 0.3 is 6.03 Å². The van der Waals surface area contributed by atoms with Crippen LogP contribution in [0.4, 0.5) is 9.18 Å². The van der Waals surface area contributed by atoms with Gasteiger partial charge in [-0.1, -0.05) is 18.2 Å². The average Bonchev–Trinajstić information content (AvgIpc) is 2.97. The second-order valence-electron chi connectivity index (χ2n) is 6.36. The zero-order chi connectivity index (χ0) is 19.4. The Bertz CT molecular complexity index is 954. The van der Waals surface area contributed by atoms with Crippen LogP contribution in [0.15, 0.2) is 42.5 Å². The molecule has 1 N–H and O–H groups in total. The molecule has 1 heterocycles. The van der Waals surface area contributed by atoms with Gasteiger partial charge in [0.15, 0.2) is 11.6 Å². The van der Waals surface area contributed by atoms with Crippen molar-refractivity contribution < 1.29 is 13.9 Å². The molecule has 0 bridgehead atoms. The fourth-order valence-electron chi connectivity index (χ4n) is 3.04. The number of aryl methyl sites for hydroxylation is 1. The van der Waals surface area contributed by atoms with Crippen LogP contribution in [0.3, 0.4) is 0 Å². The monoisotopic (exact) mass is 370 g/mol. The summed E-state index contributed by atoms with van der Waals surface area (Å²) in [6.45, 7) is 3.36. The third-order valence-electron chi connectivity index (χ3n) is 4.44. The number of urea groups is 1.